The van der Waals surface area contributed by atoms with Crippen molar-refractivity contribution in [3.8, 4) is 11.1 Å². The van der Waals surface area contributed by atoms with Gasteiger partial charge in [-0.3, -0.25) is 14.3 Å². The molecule has 8 heteroatoms. The van der Waals surface area contributed by atoms with E-state index in [2.05, 4.69) is 28.6 Å². The predicted octanol–water partition coefficient (Wildman–Crippen LogP) is 2.29. The molecule has 3 heterocycles. The fourth-order valence-corrected chi connectivity index (χ4v) is 4.00. The van der Waals surface area contributed by atoms with Crippen LogP contribution in [0.3, 0.4) is 0 Å². The highest BCUT2D eigenvalue weighted by Gasteiger charge is 2.20. The van der Waals surface area contributed by atoms with E-state index in [-0.39, 0.29) is 18.5 Å². The summed E-state index contributed by atoms with van der Waals surface area (Å²) < 4.78 is 12.8. The molecule has 1 aromatic heterocycles. The zero-order valence-corrected chi connectivity index (χ0v) is 17.8. The zero-order chi connectivity index (χ0) is 21.9. The third kappa shape index (κ3) is 4.37. The average molecular weight is 434 g/mol. The van der Waals surface area contributed by atoms with Gasteiger partial charge < -0.3 is 19.7 Å². The van der Waals surface area contributed by atoms with E-state index < -0.39 is 0 Å². The molecule has 0 spiro atoms. The van der Waals surface area contributed by atoms with Crippen LogP contribution in [0, 0.1) is 5.92 Å². The van der Waals surface area contributed by atoms with Crippen molar-refractivity contribution in [1.29, 1.82) is 0 Å². The Kier molecular flexibility index (Phi) is 5.87. The Morgan fingerprint density at radius 1 is 1.09 bits per heavy atom. The number of aromatic nitrogens is 2. The van der Waals surface area contributed by atoms with Crippen molar-refractivity contribution in [2.75, 3.05) is 39.6 Å². The second-order valence-electron chi connectivity index (χ2n) is 8.29. The molecule has 8 nitrogen and oxygen atoms in total. The third-order valence-corrected chi connectivity index (χ3v) is 5.96. The number of amides is 2. The maximum Gasteiger partial charge on any atom is 0.255 e. The van der Waals surface area contributed by atoms with Gasteiger partial charge in [-0.15, -0.1) is 0 Å². The van der Waals surface area contributed by atoms with Crippen LogP contribution < -0.4 is 5.32 Å². The van der Waals surface area contributed by atoms with Gasteiger partial charge in [-0.25, -0.2) is 0 Å². The van der Waals surface area contributed by atoms with Crippen molar-refractivity contribution in [2.24, 2.45) is 5.92 Å². The van der Waals surface area contributed by atoms with Crippen LogP contribution in [-0.4, -0.2) is 66.1 Å². The van der Waals surface area contributed by atoms with Crippen LogP contribution in [-0.2, 0) is 20.8 Å². The molecule has 166 valence electrons. The van der Waals surface area contributed by atoms with E-state index in [0.29, 0.717) is 37.6 Å². The lowest BCUT2D eigenvalue weighted by atomic mass is 10.0. The minimum atomic E-state index is -0.107. The summed E-state index contributed by atoms with van der Waals surface area (Å²) >= 11 is 0. The van der Waals surface area contributed by atoms with Crippen molar-refractivity contribution in [3.05, 3.63) is 54.2 Å². The number of hydrogen-bond donors (Lipinski definition) is 1. The van der Waals surface area contributed by atoms with Gasteiger partial charge in [-0.2, -0.15) is 5.10 Å². The highest BCUT2D eigenvalue weighted by Crippen LogP contribution is 2.26. The Morgan fingerprint density at radius 3 is 2.69 bits per heavy atom. The van der Waals surface area contributed by atoms with Gasteiger partial charge in [0, 0.05) is 36.5 Å². The number of fused-ring (bicyclic) bond motifs is 1. The largest absolute Gasteiger partial charge is 0.381 e. The molecule has 0 unspecified atom stereocenters. The summed E-state index contributed by atoms with van der Waals surface area (Å²) in [4.78, 5) is 26.1. The molecule has 0 aliphatic carbocycles. The SMILES string of the molecule is O=C1CCOCN(C(=O)c2ccc(-c3ccc4cnn(CC5COC5)c4c3)cc2)CCN1. The first kappa shape index (κ1) is 20.7. The van der Waals surface area contributed by atoms with E-state index in [1.807, 2.05) is 35.1 Å². The van der Waals surface area contributed by atoms with Gasteiger partial charge in [0.1, 0.15) is 6.73 Å². The first-order valence-electron chi connectivity index (χ1n) is 10.9. The summed E-state index contributed by atoms with van der Waals surface area (Å²) in [5.41, 5.74) is 3.82. The summed E-state index contributed by atoms with van der Waals surface area (Å²) in [5, 5.41) is 8.45. The van der Waals surface area contributed by atoms with Crippen molar-refractivity contribution < 1.29 is 19.1 Å². The van der Waals surface area contributed by atoms with Crippen LogP contribution in [0.25, 0.3) is 22.0 Å². The molecule has 0 saturated carbocycles. The summed E-state index contributed by atoms with van der Waals surface area (Å²) in [7, 11) is 0. The van der Waals surface area contributed by atoms with Gasteiger partial charge >= 0.3 is 0 Å². The summed E-state index contributed by atoms with van der Waals surface area (Å²) in [6, 6.07) is 13.9. The molecule has 5 rings (SSSR count). The molecular formula is C24H26N4O4. The number of benzene rings is 2. The number of carbonyl (C=O) groups excluding carboxylic acids is 2. The van der Waals surface area contributed by atoms with Crippen LogP contribution in [0.4, 0.5) is 0 Å². The first-order valence-corrected chi connectivity index (χ1v) is 10.9. The van der Waals surface area contributed by atoms with E-state index in [0.717, 1.165) is 41.8 Å². The molecule has 2 fully saturated rings. The van der Waals surface area contributed by atoms with Gasteiger partial charge in [-0.05, 0) is 29.3 Å². The Balaban J connectivity index is 1.32. The standard InChI is InChI=1S/C24H26N4O4/c29-23-7-10-31-16-27(9-8-25-23)24(30)19-3-1-18(2-4-19)20-5-6-21-12-26-28(22(21)11-20)13-17-14-32-15-17/h1-6,11-12,17H,7-10,13-16H2,(H,25,29). The number of ether oxygens (including phenoxy) is 2. The Labute approximate surface area is 186 Å². The normalized spacial score (nSPS) is 17.9. The molecule has 32 heavy (non-hydrogen) atoms. The zero-order valence-electron chi connectivity index (χ0n) is 17.8. The molecule has 2 aliphatic heterocycles. The predicted molar refractivity (Wildman–Crippen MR) is 119 cm³/mol. The van der Waals surface area contributed by atoms with E-state index in [1.165, 1.54) is 0 Å². The molecule has 0 atom stereocenters. The second-order valence-corrected chi connectivity index (χ2v) is 8.29. The van der Waals surface area contributed by atoms with Gasteiger partial charge in [0.2, 0.25) is 5.91 Å². The molecule has 2 amide bonds. The maximum absolute atomic E-state index is 12.9. The third-order valence-electron chi connectivity index (χ3n) is 5.96. The van der Waals surface area contributed by atoms with Crippen molar-refractivity contribution in [2.45, 2.75) is 13.0 Å². The lowest BCUT2D eigenvalue weighted by Crippen LogP contribution is -2.38. The molecule has 0 bridgehead atoms. The van der Waals surface area contributed by atoms with Crippen LogP contribution in [0.1, 0.15) is 16.8 Å². The van der Waals surface area contributed by atoms with Gasteiger partial charge in [-0.1, -0.05) is 24.3 Å². The van der Waals surface area contributed by atoms with Crippen LogP contribution >= 0.6 is 0 Å². The van der Waals surface area contributed by atoms with E-state index in [9.17, 15) is 9.59 Å². The fraction of sp³-hybridized carbons (Fsp3) is 0.375. The smallest absolute Gasteiger partial charge is 0.255 e. The van der Waals surface area contributed by atoms with Gasteiger partial charge in [0.05, 0.1) is 38.0 Å². The number of hydrogen-bond acceptors (Lipinski definition) is 5. The Hall–Kier alpha value is -3.23. The van der Waals surface area contributed by atoms with E-state index >= 15 is 0 Å². The lowest BCUT2D eigenvalue weighted by Gasteiger charge is -2.25. The molecule has 1 N–H and O–H groups in total. The molecule has 2 aliphatic rings. The number of nitrogens with zero attached hydrogens (tertiary/aromatic N) is 3. The van der Waals surface area contributed by atoms with Crippen molar-refractivity contribution in [3.63, 3.8) is 0 Å². The molecule has 0 radical (unpaired) electrons. The molecule has 3 aromatic rings. The quantitative estimate of drug-likeness (QED) is 0.681. The van der Waals surface area contributed by atoms with Crippen LogP contribution in [0.15, 0.2) is 48.7 Å². The highest BCUT2D eigenvalue weighted by molar-refractivity contribution is 5.95. The second kappa shape index (κ2) is 9.10. The highest BCUT2D eigenvalue weighted by atomic mass is 16.5. The lowest BCUT2D eigenvalue weighted by molar-refractivity contribution is -0.121. The molecule has 2 aromatic carbocycles. The van der Waals surface area contributed by atoms with Crippen molar-refractivity contribution >= 4 is 22.7 Å². The Morgan fingerprint density at radius 2 is 1.91 bits per heavy atom. The van der Waals surface area contributed by atoms with Crippen LogP contribution in [0.2, 0.25) is 0 Å². The van der Waals surface area contributed by atoms with Gasteiger partial charge in [0.25, 0.3) is 5.91 Å². The minimum absolute atomic E-state index is 0.0528. The average Bonchev–Trinajstić information content (AvgIpc) is 3.23. The van der Waals surface area contributed by atoms with Crippen molar-refractivity contribution in [1.82, 2.24) is 20.0 Å². The number of nitrogens with one attached hydrogen (secondary N) is 1. The molecular weight excluding hydrogens is 408 g/mol. The van der Waals surface area contributed by atoms with Gasteiger partial charge in [0.15, 0.2) is 0 Å². The fourth-order valence-electron chi connectivity index (χ4n) is 4.00. The Bertz CT molecular complexity index is 1120. The summed E-state index contributed by atoms with van der Waals surface area (Å²) in [5.74, 6) is 0.365. The van der Waals surface area contributed by atoms with E-state index in [4.69, 9.17) is 9.47 Å². The van der Waals surface area contributed by atoms with E-state index in [1.54, 1.807) is 4.90 Å². The first-order chi connectivity index (χ1) is 15.7. The minimum Gasteiger partial charge on any atom is -0.381 e. The monoisotopic (exact) mass is 434 g/mol. The number of carbonyl (C=O) groups is 2. The topological polar surface area (TPSA) is 85.7 Å². The summed E-state index contributed by atoms with van der Waals surface area (Å²) in [6.45, 7) is 3.78. The van der Waals surface area contributed by atoms with Crippen LogP contribution in [0.5, 0.6) is 0 Å². The number of rotatable bonds is 4. The summed E-state index contributed by atoms with van der Waals surface area (Å²) in [6.07, 6.45) is 2.21. The maximum atomic E-state index is 12.9. The molecule has 2 saturated heterocycles.